The second-order valence-electron chi connectivity index (χ2n) is 21.4. The van der Waals surface area contributed by atoms with Crippen molar-refractivity contribution in [1.82, 2.24) is 29.0 Å². The van der Waals surface area contributed by atoms with E-state index in [1.807, 2.05) is 36.4 Å². The highest BCUT2D eigenvalue weighted by molar-refractivity contribution is 7.85. The number of piperazine rings is 1. The average molecular weight is 1070 g/mol. The number of hydrogen-bond donors (Lipinski definition) is 2. The molecular weight excluding hydrogens is 1010 g/mol. The monoisotopic (exact) mass is 1070 g/mol. The van der Waals surface area contributed by atoms with Gasteiger partial charge >= 0.3 is 12.2 Å². The lowest BCUT2D eigenvalue weighted by Crippen LogP contribution is -2.52. The molecule has 0 bridgehead atoms. The minimum atomic E-state index is -2.56. The van der Waals surface area contributed by atoms with Crippen LogP contribution in [-0.2, 0) is 43.2 Å². The van der Waals surface area contributed by atoms with Gasteiger partial charge in [0.2, 0.25) is 28.8 Å². The van der Waals surface area contributed by atoms with Gasteiger partial charge in [-0.1, -0.05) is 24.3 Å². The number of halogens is 3. The Morgan fingerprint density at radius 1 is 0.895 bits per heavy atom. The molecule has 402 valence electrons. The van der Waals surface area contributed by atoms with E-state index < -0.39 is 87.5 Å². The van der Waals surface area contributed by atoms with Crippen LogP contribution in [0.3, 0.4) is 0 Å². The number of amides is 4. The third-order valence-electron chi connectivity index (χ3n) is 13.5. The van der Waals surface area contributed by atoms with E-state index in [-0.39, 0.29) is 67.3 Å². The molecule has 76 heavy (non-hydrogen) atoms. The molecule has 4 amide bonds. The van der Waals surface area contributed by atoms with E-state index in [0.29, 0.717) is 60.1 Å². The van der Waals surface area contributed by atoms with Crippen LogP contribution in [-0.4, -0.2) is 144 Å². The van der Waals surface area contributed by atoms with Crippen LogP contribution in [0.5, 0.6) is 0 Å². The zero-order valence-corrected chi connectivity index (χ0v) is 43.8. The largest absolute Gasteiger partial charge is 0.443 e. The van der Waals surface area contributed by atoms with Crippen LogP contribution in [0.4, 0.5) is 34.1 Å². The van der Waals surface area contributed by atoms with Crippen molar-refractivity contribution in [2.45, 2.75) is 103 Å². The summed E-state index contributed by atoms with van der Waals surface area (Å²) in [5.41, 5.74) is -0.186. The topological polar surface area (TPSA) is 204 Å². The Hall–Kier alpha value is -7.01. The zero-order chi connectivity index (χ0) is 54.5. The van der Waals surface area contributed by atoms with Crippen molar-refractivity contribution in [2.24, 2.45) is 0 Å². The van der Waals surface area contributed by atoms with Gasteiger partial charge in [0.15, 0.2) is 5.82 Å². The lowest BCUT2D eigenvalue weighted by molar-refractivity contribution is -0.136. The number of aromatic nitrogens is 2. The van der Waals surface area contributed by atoms with Crippen LogP contribution in [0.1, 0.15) is 98.2 Å². The summed E-state index contributed by atoms with van der Waals surface area (Å²) in [5.74, 6) is -5.17. The Kier molecular flexibility index (Phi) is 15.0. The first-order valence-corrected chi connectivity index (χ1v) is 26.1. The van der Waals surface area contributed by atoms with Gasteiger partial charge in [-0.2, -0.15) is 4.31 Å². The van der Waals surface area contributed by atoms with Crippen LogP contribution < -0.4 is 14.5 Å². The normalized spacial score (nSPS) is 19.4. The van der Waals surface area contributed by atoms with E-state index in [4.69, 9.17) is 9.47 Å². The molecule has 0 radical (unpaired) electrons. The molecule has 9 rings (SSSR count). The standard InChI is InChI=1S/C54H59F3N8O10S/c1-53(2,3)74-51(71)64-30-40(47(68)45-41(56)13-14-42(46(45)57)65(52(72)75-54(4,5)6)76(73)62-18-17-35(55)28-62)39-25-33(26-58-48(39)64)32-8-10-36(11-9-32)61-21-19-60(20-22-61)29-37(66)24-31-7-12-38-34(23-31)27-63(50(38)70)43-15-16-44(67)59-49(43)69/h7-14,23,25-26,30,35,37,43,66H,15-22,24,27-29H2,1-6H3,(H,59,67,69). The molecule has 22 heteroatoms. The number of rotatable bonds is 12. The lowest BCUT2D eigenvalue weighted by atomic mass is 9.99. The van der Waals surface area contributed by atoms with Gasteiger partial charge in [-0.3, -0.25) is 29.4 Å². The summed E-state index contributed by atoms with van der Waals surface area (Å²) in [7, 11) is 0. The fraction of sp³-hybridized carbons (Fsp3) is 0.426. The van der Waals surface area contributed by atoms with E-state index in [9.17, 15) is 42.5 Å². The minimum Gasteiger partial charge on any atom is -0.443 e. The van der Waals surface area contributed by atoms with Crippen molar-refractivity contribution in [3.05, 3.63) is 113 Å². The number of pyridine rings is 1. The summed E-state index contributed by atoms with van der Waals surface area (Å²) in [6, 6.07) is 15.5. The molecule has 4 aliphatic rings. The third kappa shape index (κ3) is 11.4. The number of nitrogens with zero attached hydrogens (tertiary/aromatic N) is 7. The number of ketones is 1. The van der Waals surface area contributed by atoms with Crippen LogP contribution in [0.25, 0.3) is 22.2 Å². The number of ether oxygens (including phenoxy) is 2. The molecule has 3 fully saturated rings. The molecule has 2 N–H and O–H groups in total. The summed E-state index contributed by atoms with van der Waals surface area (Å²) in [5, 5.41) is 13.5. The van der Waals surface area contributed by atoms with E-state index in [0.717, 1.165) is 44.0 Å². The second kappa shape index (κ2) is 21.2. The summed E-state index contributed by atoms with van der Waals surface area (Å²) >= 11 is -2.56. The number of β-amino-alcohol motifs (C(OH)–C–C–N with tert-alkyl or cyclic N) is 1. The fourth-order valence-electron chi connectivity index (χ4n) is 9.88. The molecule has 0 saturated carbocycles. The predicted octanol–water partition coefficient (Wildman–Crippen LogP) is 6.85. The Morgan fingerprint density at radius 2 is 1.61 bits per heavy atom. The van der Waals surface area contributed by atoms with E-state index in [2.05, 4.69) is 20.1 Å². The highest BCUT2D eigenvalue weighted by Crippen LogP contribution is 2.35. The van der Waals surface area contributed by atoms with Crippen molar-refractivity contribution in [1.29, 1.82) is 0 Å². The highest BCUT2D eigenvalue weighted by atomic mass is 32.2. The van der Waals surface area contributed by atoms with E-state index >= 15 is 8.78 Å². The molecule has 4 atom stereocenters. The summed E-state index contributed by atoms with van der Waals surface area (Å²) in [6.07, 6.45) is -0.875. The Bertz CT molecular complexity index is 3170. The number of fused-ring (bicyclic) bond motifs is 2. The maximum absolute atomic E-state index is 16.9. The first-order chi connectivity index (χ1) is 35.9. The average Bonchev–Trinajstić information content (AvgIpc) is 4.08. The van der Waals surface area contributed by atoms with Crippen LogP contribution in [0.15, 0.2) is 73.1 Å². The van der Waals surface area contributed by atoms with Gasteiger partial charge in [0.05, 0.1) is 22.9 Å². The summed E-state index contributed by atoms with van der Waals surface area (Å²) < 4.78 is 74.7. The fourth-order valence-corrected chi connectivity index (χ4v) is 11.1. The summed E-state index contributed by atoms with van der Waals surface area (Å²) in [6.45, 7) is 12.5. The predicted molar refractivity (Wildman–Crippen MR) is 275 cm³/mol. The van der Waals surface area contributed by atoms with Gasteiger partial charge in [-0.15, -0.1) is 0 Å². The molecule has 6 heterocycles. The van der Waals surface area contributed by atoms with Gasteiger partial charge in [-0.05, 0) is 114 Å². The maximum Gasteiger partial charge on any atom is 0.428 e. The Balaban J connectivity index is 0.906. The van der Waals surface area contributed by atoms with Crippen molar-refractivity contribution >= 4 is 69.3 Å². The van der Waals surface area contributed by atoms with E-state index in [1.54, 1.807) is 32.9 Å². The smallest absolute Gasteiger partial charge is 0.428 e. The molecule has 0 aliphatic carbocycles. The number of piperidine rings is 1. The van der Waals surface area contributed by atoms with Gasteiger partial charge in [-0.25, -0.2) is 40.8 Å². The molecule has 3 saturated heterocycles. The van der Waals surface area contributed by atoms with Gasteiger partial charge < -0.3 is 24.4 Å². The van der Waals surface area contributed by atoms with Crippen molar-refractivity contribution in [3.63, 3.8) is 0 Å². The van der Waals surface area contributed by atoms with Gasteiger partial charge in [0.1, 0.15) is 34.9 Å². The number of imide groups is 1. The number of anilines is 2. The second-order valence-corrected chi connectivity index (χ2v) is 22.8. The molecule has 0 spiro atoms. The molecular formula is C54H59F3N8O10S. The lowest BCUT2D eigenvalue weighted by Gasteiger charge is -2.37. The van der Waals surface area contributed by atoms with Crippen molar-refractivity contribution in [2.75, 3.05) is 55.0 Å². The van der Waals surface area contributed by atoms with Crippen LogP contribution in [0.2, 0.25) is 0 Å². The number of aliphatic hydroxyl groups excluding tert-OH is 1. The number of carbonyl (C=O) groups is 6. The van der Waals surface area contributed by atoms with Crippen molar-refractivity contribution < 1.29 is 60.7 Å². The number of nitrogens with one attached hydrogen (secondary N) is 1. The quantitative estimate of drug-likeness (QED) is 0.0971. The molecule has 4 unspecified atom stereocenters. The number of carbonyl (C=O) groups excluding carboxylic acids is 6. The molecule has 3 aromatic carbocycles. The number of benzene rings is 3. The van der Waals surface area contributed by atoms with Crippen LogP contribution >= 0.6 is 0 Å². The van der Waals surface area contributed by atoms with Crippen molar-refractivity contribution in [3.8, 4) is 11.1 Å². The van der Waals surface area contributed by atoms with Gasteiger partial charge in [0.25, 0.3) is 5.91 Å². The molecule has 18 nitrogen and oxygen atoms in total. The Morgan fingerprint density at radius 3 is 2.26 bits per heavy atom. The van der Waals surface area contributed by atoms with E-state index in [1.165, 1.54) is 31.9 Å². The number of aliphatic hydroxyl groups is 1. The first kappa shape index (κ1) is 53.8. The van der Waals surface area contributed by atoms with Crippen LogP contribution in [0, 0.1) is 11.6 Å². The van der Waals surface area contributed by atoms with Gasteiger partial charge in [0, 0.05) is 93.4 Å². The molecule has 4 aliphatic heterocycles. The Labute approximate surface area is 439 Å². The molecule has 2 aromatic heterocycles. The number of alkyl halides is 1. The third-order valence-corrected chi connectivity index (χ3v) is 14.9. The SMILES string of the molecule is CC(C)(C)OC(=O)N(c1ccc(F)c(C(=O)c2cn(C(=O)OC(C)(C)C)c3ncc(-c4ccc(N5CCN(CC(O)Cc6ccc7c(c6)CN(C6CCC(=O)NC6=O)C7=O)CC5)cc4)cc23)c1F)S(=O)N1CCC(F)C1. The first-order valence-electron chi connectivity index (χ1n) is 25.1. The zero-order valence-electron chi connectivity index (χ0n) is 42.9. The highest BCUT2D eigenvalue weighted by Gasteiger charge is 2.41. The molecule has 5 aromatic rings. The number of hydrogen-bond acceptors (Lipinski definition) is 13. The maximum atomic E-state index is 16.9. The minimum absolute atomic E-state index is 0.00195. The summed E-state index contributed by atoms with van der Waals surface area (Å²) in [4.78, 5) is 89.6.